The van der Waals surface area contributed by atoms with Crippen LogP contribution in [-0.2, 0) is 7.05 Å². The normalized spacial score (nSPS) is 11.1. The van der Waals surface area contributed by atoms with E-state index in [2.05, 4.69) is 0 Å². The number of hydrogen-bond acceptors (Lipinski definition) is 4. The largest absolute Gasteiger partial charge is 0.497 e. The van der Waals surface area contributed by atoms with E-state index in [0.717, 1.165) is 5.56 Å². The Balaban J connectivity index is 2.08. The Bertz CT molecular complexity index is 1400. The quantitative estimate of drug-likeness (QED) is 0.150. The van der Waals surface area contributed by atoms with Crippen LogP contribution in [0.1, 0.15) is 15.9 Å². The van der Waals surface area contributed by atoms with Gasteiger partial charge in [-0.2, -0.15) is 8.96 Å². The smallest absolute Gasteiger partial charge is 0.345 e. The van der Waals surface area contributed by atoms with E-state index in [0.29, 0.717) is 45.4 Å². The van der Waals surface area contributed by atoms with Gasteiger partial charge in [0.2, 0.25) is 22.6 Å². The Morgan fingerprint density at radius 1 is 0.938 bits per heavy atom. The van der Waals surface area contributed by atoms with Gasteiger partial charge < -0.3 is 14.2 Å². The molecular formula is C24H19F3NO4+. The maximum absolute atomic E-state index is 14.2. The average Bonchev–Trinajstić information content (AvgIpc) is 2.79. The van der Waals surface area contributed by atoms with Crippen molar-refractivity contribution in [2.24, 2.45) is 7.05 Å². The van der Waals surface area contributed by atoms with Crippen molar-refractivity contribution in [3.05, 3.63) is 71.0 Å². The molecule has 4 rings (SSSR count). The van der Waals surface area contributed by atoms with E-state index in [9.17, 15) is 18.0 Å². The first-order chi connectivity index (χ1) is 15.3. The molecule has 0 bridgehead atoms. The van der Waals surface area contributed by atoms with Crippen molar-refractivity contribution < 1.29 is 36.7 Å². The van der Waals surface area contributed by atoms with E-state index in [4.69, 9.17) is 14.2 Å². The number of rotatable bonds is 4. The first kappa shape index (κ1) is 21.4. The minimum absolute atomic E-state index is 0.0272. The summed E-state index contributed by atoms with van der Waals surface area (Å²) in [6.45, 7) is 1.86. The van der Waals surface area contributed by atoms with Crippen LogP contribution in [0.3, 0.4) is 0 Å². The van der Waals surface area contributed by atoms with Gasteiger partial charge in [0.1, 0.15) is 23.9 Å². The van der Waals surface area contributed by atoms with Gasteiger partial charge in [0.25, 0.3) is 0 Å². The van der Waals surface area contributed by atoms with E-state index >= 15 is 0 Å². The van der Waals surface area contributed by atoms with Gasteiger partial charge in [-0.3, -0.25) is 0 Å². The summed E-state index contributed by atoms with van der Waals surface area (Å²) in [6, 6.07) is 9.85. The van der Waals surface area contributed by atoms with Crippen LogP contribution in [0.2, 0.25) is 0 Å². The Labute approximate surface area is 181 Å². The summed E-state index contributed by atoms with van der Waals surface area (Å²) in [5, 5.41) is 0.835. The first-order valence-electron chi connectivity index (χ1n) is 9.61. The maximum Gasteiger partial charge on any atom is 0.345 e. The first-order valence-corrected chi connectivity index (χ1v) is 9.61. The molecule has 0 unspecified atom stereocenters. The zero-order valence-electron chi connectivity index (χ0n) is 17.8. The number of methoxy groups -OCH3 is 2. The number of pyridine rings is 1. The molecule has 0 radical (unpaired) electrons. The fraction of sp³-hybridized carbons (Fsp3) is 0.167. The molecule has 0 saturated carbocycles. The van der Waals surface area contributed by atoms with Crippen molar-refractivity contribution in [2.45, 2.75) is 6.92 Å². The predicted octanol–water partition coefficient (Wildman–Crippen LogP) is 4.78. The van der Waals surface area contributed by atoms with Crippen molar-refractivity contribution in [1.29, 1.82) is 0 Å². The predicted molar refractivity (Wildman–Crippen MR) is 112 cm³/mol. The van der Waals surface area contributed by atoms with Crippen LogP contribution in [0.5, 0.6) is 17.2 Å². The molecule has 0 spiro atoms. The van der Waals surface area contributed by atoms with Gasteiger partial charge in [-0.05, 0) is 43.3 Å². The molecule has 164 valence electrons. The van der Waals surface area contributed by atoms with Crippen LogP contribution in [0, 0.1) is 24.4 Å². The second-order valence-corrected chi connectivity index (χ2v) is 7.19. The minimum atomic E-state index is -1.58. The third-order valence-electron chi connectivity index (χ3n) is 5.38. The molecule has 0 aliphatic rings. The van der Waals surface area contributed by atoms with Crippen molar-refractivity contribution in [3.8, 4) is 17.2 Å². The zero-order chi connectivity index (χ0) is 23.2. The molecule has 3 aromatic carbocycles. The number of ether oxygens (including phenoxy) is 3. The molecule has 0 fully saturated rings. The van der Waals surface area contributed by atoms with E-state index in [1.807, 2.05) is 24.6 Å². The fourth-order valence-electron chi connectivity index (χ4n) is 3.86. The van der Waals surface area contributed by atoms with E-state index in [-0.39, 0.29) is 5.56 Å². The van der Waals surface area contributed by atoms with Gasteiger partial charge in [0.15, 0.2) is 11.6 Å². The summed E-state index contributed by atoms with van der Waals surface area (Å²) in [6.07, 6.45) is 0. The van der Waals surface area contributed by atoms with Gasteiger partial charge in [-0.1, -0.05) is 0 Å². The molecule has 4 aromatic rings. The minimum Gasteiger partial charge on any atom is -0.497 e. The molecule has 0 N–H and O–H groups in total. The summed E-state index contributed by atoms with van der Waals surface area (Å²) >= 11 is 0. The van der Waals surface area contributed by atoms with Crippen molar-refractivity contribution in [2.75, 3.05) is 14.2 Å². The number of esters is 1. The van der Waals surface area contributed by atoms with Crippen LogP contribution in [0.25, 0.3) is 21.8 Å². The third-order valence-corrected chi connectivity index (χ3v) is 5.38. The Kier molecular flexibility index (Phi) is 5.38. The Morgan fingerprint density at radius 3 is 2.34 bits per heavy atom. The molecule has 0 aliphatic carbocycles. The van der Waals surface area contributed by atoms with Crippen molar-refractivity contribution in [1.82, 2.24) is 0 Å². The van der Waals surface area contributed by atoms with Crippen molar-refractivity contribution in [3.63, 3.8) is 0 Å². The highest BCUT2D eigenvalue weighted by Gasteiger charge is 2.30. The maximum atomic E-state index is 14.2. The van der Waals surface area contributed by atoms with Gasteiger partial charge in [0.05, 0.1) is 31.2 Å². The molecule has 32 heavy (non-hydrogen) atoms. The van der Waals surface area contributed by atoms with Gasteiger partial charge in [0, 0.05) is 5.56 Å². The number of carbonyl (C=O) groups excluding carboxylic acids is 1. The molecule has 1 heterocycles. The highest BCUT2D eigenvalue weighted by Crippen LogP contribution is 2.36. The molecule has 1 aromatic heterocycles. The lowest BCUT2D eigenvalue weighted by atomic mass is 9.98. The number of aryl methyl sites for hydroxylation is 2. The third kappa shape index (κ3) is 3.28. The van der Waals surface area contributed by atoms with E-state index in [1.165, 1.54) is 14.2 Å². The van der Waals surface area contributed by atoms with E-state index < -0.39 is 29.2 Å². The topological polar surface area (TPSA) is 48.6 Å². The lowest BCUT2D eigenvalue weighted by Gasteiger charge is -2.14. The standard InChI is InChI=1S/C24H19F3NO4/c1-12-5-10-18(31-4)20-19(24(29)32-23-16(26)9-8-15(25)21(23)27)14-7-6-13(30-3)11-17(14)28(2)22(12)20/h5-11H,1-4H3/q+1. The second kappa shape index (κ2) is 8.03. The molecule has 5 nitrogen and oxygen atoms in total. The fourth-order valence-corrected chi connectivity index (χ4v) is 3.86. The van der Waals surface area contributed by atoms with E-state index in [1.54, 1.807) is 24.3 Å². The Morgan fingerprint density at radius 2 is 1.66 bits per heavy atom. The summed E-state index contributed by atoms with van der Waals surface area (Å²) in [5.41, 5.74) is 2.11. The lowest BCUT2D eigenvalue weighted by Crippen LogP contribution is -2.32. The van der Waals surface area contributed by atoms with Crippen LogP contribution >= 0.6 is 0 Å². The zero-order valence-corrected chi connectivity index (χ0v) is 17.8. The number of carbonyl (C=O) groups is 1. The number of aromatic nitrogens is 1. The molecule has 0 aliphatic heterocycles. The highest BCUT2D eigenvalue weighted by molar-refractivity contribution is 6.15. The van der Waals surface area contributed by atoms with Gasteiger partial charge in [-0.25, -0.2) is 13.6 Å². The highest BCUT2D eigenvalue weighted by atomic mass is 19.2. The summed E-state index contributed by atoms with van der Waals surface area (Å²) < 4.78 is 59.8. The van der Waals surface area contributed by atoms with Crippen LogP contribution < -0.4 is 18.8 Å². The molecule has 8 heteroatoms. The van der Waals surface area contributed by atoms with Gasteiger partial charge in [-0.15, -0.1) is 0 Å². The summed E-state index contributed by atoms with van der Waals surface area (Å²) in [5.74, 6) is -5.36. The second-order valence-electron chi connectivity index (χ2n) is 7.19. The molecule has 0 atom stereocenters. The number of hydrogen-bond donors (Lipinski definition) is 0. The number of benzene rings is 3. The number of nitrogens with zero attached hydrogens (tertiary/aromatic N) is 1. The summed E-state index contributed by atoms with van der Waals surface area (Å²) in [7, 11) is 4.78. The Hall–Kier alpha value is -3.81. The molecule has 0 saturated heterocycles. The van der Waals surface area contributed by atoms with Gasteiger partial charge >= 0.3 is 5.97 Å². The van der Waals surface area contributed by atoms with Crippen LogP contribution in [-0.4, -0.2) is 20.2 Å². The van der Waals surface area contributed by atoms with Crippen LogP contribution in [0.15, 0.2) is 42.5 Å². The SMILES string of the molecule is COc1ccc2c(C(=O)Oc3c(F)ccc(F)c3F)c3c(OC)ccc(C)c3[n+](C)c2c1. The molecular weight excluding hydrogens is 423 g/mol. The average molecular weight is 442 g/mol. The number of fused-ring (bicyclic) bond motifs is 2. The lowest BCUT2D eigenvalue weighted by molar-refractivity contribution is -0.617. The van der Waals surface area contributed by atoms with Crippen LogP contribution in [0.4, 0.5) is 13.2 Å². The molecule has 0 amide bonds. The van der Waals surface area contributed by atoms with Crippen molar-refractivity contribution >= 4 is 27.8 Å². The number of halogens is 3. The summed E-state index contributed by atoms with van der Waals surface area (Å²) in [4.78, 5) is 13.3. The monoisotopic (exact) mass is 442 g/mol.